The fourth-order valence-electron chi connectivity index (χ4n) is 3.88. The van der Waals surface area contributed by atoms with Crippen LogP contribution in [0, 0.1) is 0 Å². The molecule has 0 bridgehead atoms. The van der Waals surface area contributed by atoms with Gasteiger partial charge in [-0.15, -0.1) is 21.5 Å². The summed E-state index contributed by atoms with van der Waals surface area (Å²) < 4.78 is 2.13. The second-order valence-electron chi connectivity index (χ2n) is 7.37. The van der Waals surface area contributed by atoms with E-state index in [0.29, 0.717) is 10.3 Å². The van der Waals surface area contributed by atoms with Crippen molar-refractivity contribution >= 4 is 56.2 Å². The molecule has 0 radical (unpaired) electrons. The van der Waals surface area contributed by atoms with Gasteiger partial charge in [0.05, 0.1) is 16.5 Å². The van der Waals surface area contributed by atoms with Crippen LogP contribution in [0.4, 0.5) is 5.13 Å². The Morgan fingerprint density at radius 2 is 2.07 bits per heavy atom. The second kappa shape index (κ2) is 7.96. The molecule has 0 fully saturated rings. The number of carbonyl (C=O) groups is 1. The number of nitrogens with one attached hydrogen (secondary N) is 1. The average molecular weight is 439 g/mol. The normalized spacial score (nSPS) is 14.7. The Bertz CT molecular complexity index is 1220. The molecule has 4 aromatic rings. The summed E-state index contributed by atoms with van der Waals surface area (Å²) in [7, 11) is 0. The first-order chi connectivity index (χ1) is 14.6. The molecule has 1 amide bonds. The van der Waals surface area contributed by atoms with Gasteiger partial charge >= 0.3 is 0 Å². The van der Waals surface area contributed by atoms with Gasteiger partial charge in [0.1, 0.15) is 5.52 Å². The summed E-state index contributed by atoms with van der Waals surface area (Å²) in [6.45, 7) is 4.73. The van der Waals surface area contributed by atoms with Crippen molar-refractivity contribution in [1.82, 2.24) is 24.7 Å². The van der Waals surface area contributed by atoms with E-state index < -0.39 is 0 Å². The highest BCUT2D eigenvalue weighted by atomic mass is 32.2. The minimum atomic E-state index is -0.357. The van der Waals surface area contributed by atoms with E-state index in [1.807, 2.05) is 25.1 Å². The quantitative estimate of drug-likeness (QED) is 0.463. The molecule has 1 aliphatic carbocycles. The third-order valence-corrected chi connectivity index (χ3v) is 7.42. The van der Waals surface area contributed by atoms with Crippen molar-refractivity contribution < 1.29 is 4.79 Å². The van der Waals surface area contributed by atoms with Gasteiger partial charge in [-0.2, -0.15) is 0 Å². The highest BCUT2D eigenvalue weighted by molar-refractivity contribution is 8.00. The van der Waals surface area contributed by atoms with Crippen molar-refractivity contribution in [3.63, 3.8) is 0 Å². The third-order valence-electron chi connectivity index (χ3n) is 5.40. The second-order valence-corrected chi connectivity index (χ2v) is 9.76. The zero-order valence-electron chi connectivity index (χ0n) is 16.9. The Kier molecular flexibility index (Phi) is 5.16. The lowest BCUT2D eigenvalue weighted by Gasteiger charge is -2.09. The standard InChI is InChI=1S/C21H22N6OS2/c1-3-27-15-10-6-4-8-13(15)17-18(27)23-21(26-25-17)29-12(2)19(28)24-20-22-14-9-5-7-11-16(14)30-20/h4,6,8,10,12H,3,5,7,9,11H2,1-2H3,(H,22,24,28). The van der Waals surface area contributed by atoms with Crippen LogP contribution in [0.2, 0.25) is 0 Å². The van der Waals surface area contributed by atoms with E-state index in [1.165, 1.54) is 29.5 Å². The molecule has 1 aromatic carbocycles. The Hall–Kier alpha value is -2.52. The zero-order valence-corrected chi connectivity index (χ0v) is 18.5. The maximum Gasteiger partial charge on any atom is 0.239 e. The first-order valence-electron chi connectivity index (χ1n) is 10.2. The van der Waals surface area contributed by atoms with E-state index in [0.717, 1.165) is 47.1 Å². The van der Waals surface area contributed by atoms with Crippen LogP contribution in [0.1, 0.15) is 37.3 Å². The zero-order chi connectivity index (χ0) is 20.7. The van der Waals surface area contributed by atoms with E-state index in [1.54, 1.807) is 11.3 Å². The molecule has 5 rings (SSSR count). The topological polar surface area (TPSA) is 85.6 Å². The number of thiazole rings is 1. The SMILES string of the molecule is CCn1c2ccccc2c2nnc(SC(C)C(=O)Nc3nc4c(s3)CCCC4)nc21. The smallest absolute Gasteiger partial charge is 0.239 e. The maximum absolute atomic E-state index is 12.7. The van der Waals surface area contributed by atoms with E-state index in [9.17, 15) is 4.79 Å². The molecule has 0 aliphatic heterocycles. The highest BCUT2D eigenvalue weighted by Crippen LogP contribution is 2.31. The first-order valence-corrected chi connectivity index (χ1v) is 11.9. The summed E-state index contributed by atoms with van der Waals surface area (Å²) in [6, 6.07) is 8.11. The third kappa shape index (κ3) is 3.45. The van der Waals surface area contributed by atoms with Gasteiger partial charge in [-0.3, -0.25) is 4.79 Å². The van der Waals surface area contributed by atoms with Crippen LogP contribution >= 0.6 is 23.1 Å². The molecular formula is C21H22N6OS2. The molecule has 154 valence electrons. The fraction of sp³-hybridized carbons (Fsp3) is 0.381. The highest BCUT2D eigenvalue weighted by Gasteiger charge is 2.21. The van der Waals surface area contributed by atoms with Crippen molar-refractivity contribution in [2.75, 3.05) is 5.32 Å². The number of aromatic nitrogens is 5. The number of para-hydroxylation sites is 1. The Morgan fingerprint density at radius 3 is 2.90 bits per heavy atom. The molecular weight excluding hydrogens is 416 g/mol. The predicted molar refractivity (Wildman–Crippen MR) is 121 cm³/mol. The van der Waals surface area contributed by atoms with Gasteiger partial charge in [0, 0.05) is 16.8 Å². The molecule has 1 unspecified atom stereocenters. The molecule has 1 atom stereocenters. The molecule has 9 heteroatoms. The number of nitrogens with zero attached hydrogens (tertiary/aromatic N) is 5. The van der Waals surface area contributed by atoms with Crippen molar-refractivity contribution in [1.29, 1.82) is 0 Å². The van der Waals surface area contributed by atoms with Gasteiger partial charge in [-0.05, 0) is 45.6 Å². The summed E-state index contributed by atoms with van der Waals surface area (Å²) in [6.07, 6.45) is 4.46. The van der Waals surface area contributed by atoms with Crippen LogP contribution in [0.5, 0.6) is 0 Å². The maximum atomic E-state index is 12.7. The van der Waals surface area contributed by atoms with Crippen LogP contribution in [-0.2, 0) is 24.2 Å². The number of rotatable bonds is 5. The van der Waals surface area contributed by atoms with Gasteiger partial charge in [0.15, 0.2) is 10.8 Å². The molecule has 7 nitrogen and oxygen atoms in total. The van der Waals surface area contributed by atoms with E-state index in [4.69, 9.17) is 4.98 Å². The van der Waals surface area contributed by atoms with Crippen LogP contribution in [0.15, 0.2) is 29.4 Å². The van der Waals surface area contributed by atoms with Gasteiger partial charge in [0.25, 0.3) is 0 Å². The number of benzene rings is 1. The molecule has 0 saturated carbocycles. The molecule has 1 aliphatic rings. The largest absolute Gasteiger partial charge is 0.324 e. The lowest BCUT2D eigenvalue weighted by atomic mass is 10.0. The Labute approximate surface area is 182 Å². The van der Waals surface area contributed by atoms with Gasteiger partial charge in [0.2, 0.25) is 11.1 Å². The predicted octanol–water partition coefficient (Wildman–Crippen LogP) is 4.45. The summed E-state index contributed by atoms with van der Waals surface area (Å²) in [5.41, 5.74) is 3.84. The summed E-state index contributed by atoms with van der Waals surface area (Å²) >= 11 is 2.91. The van der Waals surface area contributed by atoms with Crippen molar-refractivity contribution in [3.05, 3.63) is 34.8 Å². The molecule has 0 saturated heterocycles. The number of anilines is 1. The number of amides is 1. The molecule has 1 N–H and O–H groups in total. The Morgan fingerprint density at radius 1 is 1.23 bits per heavy atom. The molecule has 3 heterocycles. The van der Waals surface area contributed by atoms with Crippen LogP contribution in [0.3, 0.4) is 0 Å². The van der Waals surface area contributed by atoms with Gasteiger partial charge < -0.3 is 9.88 Å². The first kappa shape index (κ1) is 19.4. The number of thioether (sulfide) groups is 1. The van der Waals surface area contributed by atoms with Crippen LogP contribution in [-0.4, -0.2) is 35.9 Å². The number of hydrogen-bond acceptors (Lipinski definition) is 7. The number of carbonyl (C=O) groups excluding carboxylic acids is 1. The lowest BCUT2D eigenvalue weighted by Crippen LogP contribution is -2.22. The molecule has 30 heavy (non-hydrogen) atoms. The van der Waals surface area contributed by atoms with E-state index in [2.05, 4.69) is 38.1 Å². The molecule has 3 aromatic heterocycles. The Balaban J connectivity index is 1.36. The van der Waals surface area contributed by atoms with Crippen LogP contribution in [0.25, 0.3) is 22.1 Å². The van der Waals surface area contributed by atoms with E-state index >= 15 is 0 Å². The average Bonchev–Trinajstić information content (AvgIpc) is 3.31. The molecule has 0 spiro atoms. The van der Waals surface area contributed by atoms with Gasteiger partial charge in [-0.25, -0.2) is 9.97 Å². The lowest BCUT2D eigenvalue weighted by molar-refractivity contribution is -0.115. The monoisotopic (exact) mass is 438 g/mol. The number of aryl methyl sites for hydroxylation is 3. The number of hydrogen-bond donors (Lipinski definition) is 1. The summed E-state index contributed by atoms with van der Waals surface area (Å²) in [5.74, 6) is -0.0918. The number of fused-ring (bicyclic) bond motifs is 4. The fourth-order valence-corrected chi connectivity index (χ4v) is 5.65. The van der Waals surface area contributed by atoms with Crippen molar-refractivity contribution in [2.45, 2.75) is 56.5 Å². The minimum absolute atomic E-state index is 0.0918. The van der Waals surface area contributed by atoms with Crippen molar-refractivity contribution in [3.8, 4) is 0 Å². The van der Waals surface area contributed by atoms with Crippen molar-refractivity contribution in [2.24, 2.45) is 0 Å². The summed E-state index contributed by atoms with van der Waals surface area (Å²) in [5, 5.41) is 13.6. The van der Waals surface area contributed by atoms with Crippen LogP contribution < -0.4 is 5.32 Å². The summed E-state index contributed by atoms with van der Waals surface area (Å²) in [4.78, 5) is 23.3. The van der Waals surface area contributed by atoms with Gasteiger partial charge in [-0.1, -0.05) is 30.0 Å². The van der Waals surface area contributed by atoms with E-state index in [-0.39, 0.29) is 11.2 Å². The minimum Gasteiger partial charge on any atom is -0.324 e.